The summed E-state index contributed by atoms with van der Waals surface area (Å²) in [7, 11) is -1.25. The van der Waals surface area contributed by atoms with Crippen molar-refractivity contribution in [1.82, 2.24) is 14.9 Å². The molecule has 136 valence electrons. The Bertz CT molecular complexity index is 468. The van der Waals surface area contributed by atoms with Crippen molar-refractivity contribution in [1.29, 1.82) is 0 Å². The summed E-state index contributed by atoms with van der Waals surface area (Å²) in [6.45, 7) is 8.75. The molecule has 0 aromatic carbocycles. The van der Waals surface area contributed by atoms with Crippen molar-refractivity contribution in [2.24, 2.45) is 16.8 Å². The van der Waals surface area contributed by atoms with Gasteiger partial charge in [0, 0.05) is 32.7 Å². The van der Waals surface area contributed by atoms with Gasteiger partial charge in [0.25, 0.3) is 0 Å². The van der Waals surface area contributed by atoms with Crippen LogP contribution in [0.15, 0.2) is 4.99 Å². The van der Waals surface area contributed by atoms with Gasteiger partial charge in [0.15, 0.2) is 5.96 Å². The zero-order valence-electron chi connectivity index (χ0n) is 15.3. The molecule has 0 aromatic heterocycles. The minimum Gasteiger partial charge on any atom is -0.356 e. The topological polar surface area (TPSA) is 73.8 Å². The molecule has 0 spiro atoms. The molecule has 7 heteroatoms. The fourth-order valence-corrected chi connectivity index (χ4v) is 3.64. The van der Waals surface area contributed by atoms with Crippen molar-refractivity contribution in [2.75, 3.05) is 32.9 Å². The van der Waals surface area contributed by atoms with Gasteiger partial charge >= 0.3 is 0 Å². The molecule has 0 saturated carbocycles. The van der Waals surface area contributed by atoms with Gasteiger partial charge in [0.05, 0.1) is 6.26 Å². The van der Waals surface area contributed by atoms with Crippen LogP contribution in [-0.2, 0) is 10.0 Å². The van der Waals surface area contributed by atoms with Crippen LogP contribution in [0.25, 0.3) is 0 Å². The second-order valence-corrected chi connectivity index (χ2v) is 9.06. The monoisotopic (exact) mass is 346 g/mol. The predicted molar refractivity (Wildman–Crippen MR) is 97.2 cm³/mol. The van der Waals surface area contributed by atoms with Crippen LogP contribution in [-0.4, -0.2) is 57.7 Å². The van der Waals surface area contributed by atoms with Crippen LogP contribution in [0.3, 0.4) is 0 Å². The quantitative estimate of drug-likeness (QED) is 0.543. The van der Waals surface area contributed by atoms with E-state index in [0.29, 0.717) is 31.0 Å². The Balaban J connectivity index is 2.30. The summed E-state index contributed by atoms with van der Waals surface area (Å²) in [4.78, 5) is 4.28. The Morgan fingerprint density at radius 3 is 2.30 bits per heavy atom. The maximum atomic E-state index is 11.5. The first-order chi connectivity index (χ1) is 10.7. The highest BCUT2D eigenvalue weighted by molar-refractivity contribution is 7.88. The third kappa shape index (κ3) is 8.01. The number of piperidine rings is 1. The zero-order chi connectivity index (χ0) is 17.5. The van der Waals surface area contributed by atoms with Crippen LogP contribution in [0.5, 0.6) is 0 Å². The third-order valence-electron chi connectivity index (χ3n) is 4.38. The van der Waals surface area contributed by atoms with Crippen molar-refractivity contribution in [3.8, 4) is 0 Å². The van der Waals surface area contributed by atoms with Crippen LogP contribution in [0.1, 0.15) is 46.5 Å². The highest BCUT2D eigenvalue weighted by atomic mass is 32.2. The first kappa shape index (κ1) is 20.2. The molecule has 6 nitrogen and oxygen atoms in total. The smallest absolute Gasteiger partial charge is 0.211 e. The molecule has 2 N–H and O–H groups in total. The van der Waals surface area contributed by atoms with Gasteiger partial charge in [-0.3, -0.25) is 4.99 Å². The standard InChI is InChI=1S/C16H34N4O2S/c1-13(2)6-7-14(3)19-16(17-4)18-12-15-8-10-20(11-9-15)23(5,21)22/h13-15H,6-12H2,1-5H3,(H2,17,18,19). The minimum absolute atomic E-state index is 0.399. The van der Waals surface area contributed by atoms with E-state index in [9.17, 15) is 8.42 Å². The Morgan fingerprint density at radius 1 is 1.22 bits per heavy atom. The van der Waals surface area contributed by atoms with Gasteiger partial charge in [-0.05, 0) is 44.4 Å². The predicted octanol–water partition coefficient (Wildman–Crippen LogP) is 1.65. The summed E-state index contributed by atoms with van der Waals surface area (Å²) in [6.07, 6.45) is 5.43. The molecule has 1 saturated heterocycles. The maximum absolute atomic E-state index is 11.5. The normalized spacial score (nSPS) is 19.8. The summed E-state index contributed by atoms with van der Waals surface area (Å²) in [5, 5.41) is 6.81. The van der Waals surface area contributed by atoms with Crippen LogP contribution < -0.4 is 10.6 Å². The molecule has 1 unspecified atom stereocenters. The molecule has 0 aromatic rings. The number of hydrogen-bond acceptors (Lipinski definition) is 3. The molecule has 1 aliphatic heterocycles. The van der Waals surface area contributed by atoms with Crippen molar-refractivity contribution < 1.29 is 8.42 Å². The zero-order valence-corrected chi connectivity index (χ0v) is 16.1. The molecular weight excluding hydrogens is 312 g/mol. The average Bonchev–Trinajstić information content (AvgIpc) is 2.48. The molecule has 0 radical (unpaired) electrons. The molecule has 1 heterocycles. The first-order valence-corrected chi connectivity index (χ1v) is 10.5. The van der Waals surface area contributed by atoms with E-state index < -0.39 is 10.0 Å². The van der Waals surface area contributed by atoms with Crippen molar-refractivity contribution >= 4 is 16.0 Å². The van der Waals surface area contributed by atoms with Crippen LogP contribution in [0.2, 0.25) is 0 Å². The fourth-order valence-electron chi connectivity index (χ4n) is 2.77. The molecule has 1 aliphatic rings. The molecular formula is C16H34N4O2S. The van der Waals surface area contributed by atoms with E-state index in [1.54, 1.807) is 11.4 Å². The van der Waals surface area contributed by atoms with Crippen LogP contribution in [0.4, 0.5) is 0 Å². The van der Waals surface area contributed by atoms with Crippen LogP contribution in [0, 0.1) is 11.8 Å². The van der Waals surface area contributed by atoms with Crippen molar-refractivity contribution in [3.63, 3.8) is 0 Å². The summed E-state index contributed by atoms with van der Waals surface area (Å²) in [5.74, 6) is 2.05. The average molecular weight is 347 g/mol. The number of aliphatic imine (C=N–C) groups is 1. The van der Waals surface area contributed by atoms with E-state index >= 15 is 0 Å². The van der Waals surface area contributed by atoms with Gasteiger partial charge in [-0.1, -0.05) is 13.8 Å². The molecule has 0 bridgehead atoms. The highest BCUT2D eigenvalue weighted by Gasteiger charge is 2.24. The Labute approximate surface area is 142 Å². The lowest BCUT2D eigenvalue weighted by Crippen LogP contribution is -2.46. The third-order valence-corrected chi connectivity index (χ3v) is 5.69. The summed E-state index contributed by atoms with van der Waals surface area (Å²) < 4.78 is 24.6. The Morgan fingerprint density at radius 2 is 1.83 bits per heavy atom. The lowest BCUT2D eigenvalue weighted by Gasteiger charge is -2.30. The highest BCUT2D eigenvalue weighted by Crippen LogP contribution is 2.18. The van der Waals surface area contributed by atoms with E-state index in [2.05, 4.69) is 36.4 Å². The van der Waals surface area contributed by atoms with E-state index in [0.717, 1.165) is 31.8 Å². The summed E-state index contributed by atoms with van der Waals surface area (Å²) in [5.41, 5.74) is 0. The van der Waals surface area contributed by atoms with Gasteiger partial charge < -0.3 is 10.6 Å². The summed E-state index contributed by atoms with van der Waals surface area (Å²) >= 11 is 0. The van der Waals surface area contributed by atoms with Gasteiger partial charge in [-0.25, -0.2) is 12.7 Å². The SMILES string of the molecule is CN=C(NCC1CCN(S(C)(=O)=O)CC1)NC(C)CCC(C)C. The molecule has 23 heavy (non-hydrogen) atoms. The number of nitrogens with zero attached hydrogens (tertiary/aromatic N) is 2. The van der Waals surface area contributed by atoms with Gasteiger partial charge in [-0.2, -0.15) is 0 Å². The number of nitrogens with one attached hydrogen (secondary N) is 2. The number of rotatable bonds is 7. The van der Waals surface area contributed by atoms with E-state index in [4.69, 9.17) is 0 Å². The van der Waals surface area contributed by atoms with Crippen molar-refractivity contribution in [2.45, 2.75) is 52.5 Å². The molecule has 1 atom stereocenters. The second-order valence-electron chi connectivity index (χ2n) is 7.08. The van der Waals surface area contributed by atoms with Gasteiger partial charge in [-0.15, -0.1) is 0 Å². The molecule has 1 rings (SSSR count). The maximum Gasteiger partial charge on any atom is 0.211 e. The Hall–Kier alpha value is -0.820. The van der Waals surface area contributed by atoms with Crippen molar-refractivity contribution in [3.05, 3.63) is 0 Å². The number of guanidine groups is 1. The van der Waals surface area contributed by atoms with Gasteiger partial charge in [0.2, 0.25) is 10.0 Å². The van der Waals surface area contributed by atoms with E-state index in [1.807, 2.05) is 0 Å². The number of hydrogen-bond donors (Lipinski definition) is 2. The second kappa shape index (κ2) is 9.47. The first-order valence-electron chi connectivity index (χ1n) is 8.64. The lowest BCUT2D eigenvalue weighted by molar-refractivity contribution is 0.274. The summed E-state index contributed by atoms with van der Waals surface area (Å²) in [6, 6.07) is 0.399. The fraction of sp³-hybridized carbons (Fsp3) is 0.938. The van der Waals surface area contributed by atoms with Gasteiger partial charge in [0.1, 0.15) is 0 Å². The minimum atomic E-state index is -3.04. The molecule has 0 amide bonds. The Kier molecular flexibility index (Phi) is 8.33. The number of sulfonamides is 1. The largest absolute Gasteiger partial charge is 0.356 e. The van der Waals surface area contributed by atoms with Crippen LogP contribution >= 0.6 is 0 Å². The molecule has 1 fully saturated rings. The van der Waals surface area contributed by atoms with E-state index in [1.165, 1.54) is 12.7 Å². The van der Waals surface area contributed by atoms with E-state index in [-0.39, 0.29) is 0 Å². The molecule has 0 aliphatic carbocycles. The lowest BCUT2D eigenvalue weighted by atomic mass is 9.98.